The van der Waals surface area contributed by atoms with Gasteiger partial charge in [0, 0.05) is 31.6 Å². The number of carbonyl (C=O) groups excluding carboxylic acids is 3. The van der Waals surface area contributed by atoms with Crippen LogP contribution in [0.15, 0.2) is 30.3 Å². The topological polar surface area (TPSA) is 93.5 Å². The Morgan fingerprint density at radius 2 is 2.03 bits per heavy atom. The van der Waals surface area contributed by atoms with Gasteiger partial charge in [0.05, 0.1) is 24.2 Å². The number of hydrogen-bond donors (Lipinski definition) is 1. The zero-order valence-corrected chi connectivity index (χ0v) is 18.9. The number of carbonyl (C=O) groups is 3. The molecule has 2 aromatic rings. The third-order valence-electron chi connectivity index (χ3n) is 6.49. The Morgan fingerprint density at radius 3 is 2.78 bits per heavy atom. The molecule has 0 aliphatic carbocycles. The van der Waals surface area contributed by atoms with Crippen LogP contribution < -0.4 is 10.1 Å². The highest BCUT2D eigenvalue weighted by Crippen LogP contribution is 2.39. The van der Waals surface area contributed by atoms with Crippen LogP contribution in [0.4, 0.5) is 0 Å². The monoisotopic (exact) mass is 438 g/mol. The molecule has 0 unspecified atom stereocenters. The first-order valence-corrected chi connectivity index (χ1v) is 11.2. The van der Waals surface area contributed by atoms with Gasteiger partial charge < -0.3 is 15.0 Å². The van der Waals surface area contributed by atoms with Crippen molar-refractivity contribution >= 4 is 17.6 Å². The number of Topliss-reactive ketones (excluding diaryl/α,β-unsaturated/α-hetero) is 1. The molecule has 2 amide bonds. The van der Waals surface area contributed by atoms with E-state index in [4.69, 9.17) is 4.74 Å². The van der Waals surface area contributed by atoms with Gasteiger partial charge in [-0.05, 0) is 45.4 Å². The van der Waals surface area contributed by atoms with Gasteiger partial charge in [-0.15, -0.1) is 0 Å². The lowest BCUT2D eigenvalue weighted by Gasteiger charge is -2.37. The van der Waals surface area contributed by atoms with Gasteiger partial charge in [0.25, 0.3) is 0 Å². The molecule has 2 aliphatic heterocycles. The SMILES string of the molecule is Cc1cc(C)n(CCNC(=O)[C@@H](C)N2CC[C@@]3(CCC2=O)CC(=O)c2ccccc2O3)n1. The fourth-order valence-corrected chi connectivity index (χ4v) is 4.66. The first kappa shape index (κ1) is 22.0. The lowest BCUT2D eigenvalue weighted by atomic mass is 9.84. The van der Waals surface area contributed by atoms with Crippen molar-refractivity contribution < 1.29 is 19.1 Å². The van der Waals surface area contributed by atoms with Gasteiger partial charge in [0.15, 0.2) is 5.78 Å². The van der Waals surface area contributed by atoms with Crippen molar-refractivity contribution in [3.8, 4) is 5.75 Å². The van der Waals surface area contributed by atoms with Crippen molar-refractivity contribution in [2.45, 2.75) is 64.6 Å². The number of nitrogens with zero attached hydrogens (tertiary/aromatic N) is 3. The fraction of sp³-hybridized carbons (Fsp3) is 0.500. The van der Waals surface area contributed by atoms with Crippen LogP contribution in [-0.2, 0) is 16.1 Å². The number of benzene rings is 1. The second-order valence-electron chi connectivity index (χ2n) is 8.84. The summed E-state index contributed by atoms with van der Waals surface area (Å²) in [7, 11) is 0. The van der Waals surface area contributed by atoms with Gasteiger partial charge in [0.2, 0.25) is 11.8 Å². The first-order valence-electron chi connectivity index (χ1n) is 11.2. The number of para-hydroxylation sites is 1. The Labute approximate surface area is 187 Å². The van der Waals surface area contributed by atoms with E-state index in [0.717, 1.165) is 11.4 Å². The van der Waals surface area contributed by atoms with Crippen LogP contribution in [0.1, 0.15) is 54.4 Å². The fourth-order valence-electron chi connectivity index (χ4n) is 4.66. The van der Waals surface area contributed by atoms with E-state index in [2.05, 4.69) is 10.4 Å². The van der Waals surface area contributed by atoms with Crippen LogP contribution in [0.5, 0.6) is 5.75 Å². The maximum Gasteiger partial charge on any atom is 0.242 e. The summed E-state index contributed by atoms with van der Waals surface area (Å²) in [6.07, 6.45) is 1.49. The summed E-state index contributed by atoms with van der Waals surface area (Å²) in [6.45, 7) is 7.05. The maximum absolute atomic E-state index is 12.8. The molecule has 1 N–H and O–H groups in total. The van der Waals surface area contributed by atoms with Crippen molar-refractivity contribution in [1.82, 2.24) is 20.0 Å². The molecule has 1 aromatic carbocycles. The molecule has 1 saturated heterocycles. The van der Waals surface area contributed by atoms with Crippen molar-refractivity contribution in [1.29, 1.82) is 0 Å². The van der Waals surface area contributed by atoms with Crippen molar-refractivity contribution in [3.05, 3.63) is 47.3 Å². The lowest BCUT2D eigenvalue weighted by Crippen LogP contribution is -2.49. The van der Waals surface area contributed by atoms with Crippen molar-refractivity contribution in [2.75, 3.05) is 13.1 Å². The molecule has 2 atom stereocenters. The Morgan fingerprint density at radius 1 is 1.25 bits per heavy atom. The van der Waals surface area contributed by atoms with Gasteiger partial charge in [-0.1, -0.05) is 12.1 Å². The minimum atomic E-state index is -0.693. The Bertz CT molecular complexity index is 1050. The van der Waals surface area contributed by atoms with Gasteiger partial charge in [-0.2, -0.15) is 5.10 Å². The zero-order valence-electron chi connectivity index (χ0n) is 18.9. The Hall–Kier alpha value is -3.16. The predicted octanol–water partition coefficient (Wildman–Crippen LogP) is 2.42. The number of rotatable bonds is 5. The van der Waals surface area contributed by atoms with E-state index in [-0.39, 0.29) is 30.4 Å². The molecule has 2 aliphatic rings. The predicted molar refractivity (Wildman–Crippen MR) is 118 cm³/mol. The van der Waals surface area contributed by atoms with Crippen LogP contribution in [0.25, 0.3) is 0 Å². The average molecular weight is 439 g/mol. The summed E-state index contributed by atoms with van der Waals surface area (Å²) in [5.41, 5.74) is 1.89. The smallest absolute Gasteiger partial charge is 0.242 e. The lowest BCUT2D eigenvalue weighted by molar-refractivity contribution is -0.139. The molecule has 1 aromatic heterocycles. The minimum Gasteiger partial charge on any atom is -0.486 e. The molecule has 0 saturated carbocycles. The highest BCUT2D eigenvalue weighted by Gasteiger charge is 2.44. The van der Waals surface area contributed by atoms with Crippen LogP contribution >= 0.6 is 0 Å². The molecular weight excluding hydrogens is 408 g/mol. The number of ether oxygens (including phenoxy) is 1. The van der Waals surface area contributed by atoms with E-state index in [1.807, 2.05) is 36.7 Å². The normalized spacial score (nSPS) is 21.7. The molecule has 8 heteroatoms. The van der Waals surface area contributed by atoms with Crippen LogP contribution in [0.3, 0.4) is 0 Å². The van der Waals surface area contributed by atoms with E-state index in [1.54, 1.807) is 24.0 Å². The molecule has 0 radical (unpaired) electrons. The molecule has 1 fully saturated rings. The van der Waals surface area contributed by atoms with Gasteiger partial charge in [0.1, 0.15) is 17.4 Å². The van der Waals surface area contributed by atoms with Gasteiger partial charge in [-0.3, -0.25) is 19.1 Å². The zero-order chi connectivity index (χ0) is 22.9. The van der Waals surface area contributed by atoms with Crippen molar-refractivity contribution in [3.63, 3.8) is 0 Å². The summed E-state index contributed by atoms with van der Waals surface area (Å²) >= 11 is 0. The van der Waals surface area contributed by atoms with Crippen LogP contribution in [0, 0.1) is 13.8 Å². The highest BCUT2D eigenvalue weighted by atomic mass is 16.5. The molecule has 32 heavy (non-hydrogen) atoms. The summed E-state index contributed by atoms with van der Waals surface area (Å²) < 4.78 is 8.12. The molecule has 0 bridgehead atoms. The van der Waals surface area contributed by atoms with E-state index in [9.17, 15) is 14.4 Å². The first-order chi connectivity index (χ1) is 15.3. The number of likely N-dealkylation sites (tertiary alicyclic amines) is 1. The summed E-state index contributed by atoms with van der Waals surface area (Å²) in [5.74, 6) is 0.349. The van der Waals surface area contributed by atoms with E-state index in [1.165, 1.54) is 0 Å². The standard InChI is InChI=1S/C24H30N4O4/c1-16-14-17(2)28(26-16)13-11-25-23(31)18(3)27-12-10-24(9-8-22(27)30)15-20(29)19-6-4-5-7-21(19)32-24/h4-7,14,18H,8-13,15H2,1-3H3,(H,25,31)/t18-,24+/m1/s1. The van der Waals surface area contributed by atoms with E-state index >= 15 is 0 Å². The number of aromatic nitrogens is 2. The number of ketones is 1. The molecule has 4 rings (SSSR count). The number of nitrogens with one attached hydrogen (secondary N) is 1. The molecule has 8 nitrogen and oxygen atoms in total. The number of amides is 2. The number of fused-ring (bicyclic) bond motifs is 1. The Balaban J connectivity index is 1.37. The molecule has 3 heterocycles. The average Bonchev–Trinajstić information content (AvgIpc) is 3.00. The second-order valence-corrected chi connectivity index (χ2v) is 8.84. The summed E-state index contributed by atoms with van der Waals surface area (Å²) in [4.78, 5) is 39.9. The molecular formula is C24H30N4O4. The Kier molecular flexibility index (Phi) is 6.04. The molecule has 1 spiro atoms. The van der Waals surface area contributed by atoms with Crippen molar-refractivity contribution in [2.24, 2.45) is 0 Å². The van der Waals surface area contributed by atoms with Crippen LogP contribution in [-0.4, -0.2) is 57.0 Å². The number of hydrogen-bond acceptors (Lipinski definition) is 5. The molecule has 170 valence electrons. The third-order valence-corrected chi connectivity index (χ3v) is 6.49. The van der Waals surface area contributed by atoms with Gasteiger partial charge >= 0.3 is 0 Å². The largest absolute Gasteiger partial charge is 0.486 e. The summed E-state index contributed by atoms with van der Waals surface area (Å²) in [5, 5.41) is 7.31. The van der Waals surface area contributed by atoms with Gasteiger partial charge in [-0.25, -0.2) is 0 Å². The summed E-state index contributed by atoms with van der Waals surface area (Å²) in [6, 6.07) is 8.65. The minimum absolute atomic E-state index is 0.0442. The highest BCUT2D eigenvalue weighted by molar-refractivity contribution is 6.00. The third kappa shape index (κ3) is 4.40. The quantitative estimate of drug-likeness (QED) is 0.774. The van der Waals surface area contributed by atoms with Crippen LogP contribution in [0.2, 0.25) is 0 Å². The second kappa shape index (κ2) is 8.76. The maximum atomic E-state index is 12.8. The number of aryl methyl sites for hydroxylation is 2. The van der Waals surface area contributed by atoms with E-state index < -0.39 is 11.6 Å². The van der Waals surface area contributed by atoms with E-state index in [0.29, 0.717) is 43.8 Å².